The molecule has 0 saturated heterocycles. The molecule has 1 amide bonds. The lowest BCUT2D eigenvalue weighted by Crippen LogP contribution is -2.43. The van der Waals surface area contributed by atoms with E-state index in [0.29, 0.717) is 31.0 Å². The van der Waals surface area contributed by atoms with Gasteiger partial charge in [0.1, 0.15) is 12.4 Å². The van der Waals surface area contributed by atoms with Crippen molar-refractivity contribution in [3.63, 3.8) is 0 Å². The Balaban J connectivity index is 1.09. The zero-order valence-electron chi connectivity index (χ0n) is 27.0. The van der Waals surface area contributed by atoms with Crippen molar-refractivity contribution in [3.8, 4) is 5.75 Å². The predicted octanol–water partition coefficient (Wildman–Crippen LogP) is 5.30. The van der Waals surface area contributed by atoms with E-state index < -0.39 is 6.10 Å². The molecule has 0 spiro atoms. The number of carbonyl (C=O) groups excluding carboxylic acids is 1. The van der Waals surface area contributed by atoms with Gasteiger partial charge in [0, 0.05) is 55.6 Å². The lowest BCUT2D eigenvalue weighted by atomic mass is 9.89. The zero-order valence-corrected chi connectivity index (χ0v) is 27.0. The molecule has 1 heterocycles. The van der Waals surface area contributed by atoms with Crippen LogP contribution in [0.1, 0.15) is 82.8 Å². The molecule has 4 aliphatic rings. The third-order valence-electron chi connectivity index (χ3n) is 10.1. The number of benzene rings is 1. The highest BCUT2D eigenvalue weighted by Crippen LogP contribution is 2.38. The Morgan fingerprint density at radius 2 is 2.09 bits per heavy atom. The average Bonchev–Trinajstić information content (AvgIpc) is 3.15. The van der Waals surface area contributed by atoms with Gasteiger partial charge in [0.15, 0.2) is 0 Å². The number of nitrogens with zero attached hydrogens (tertiary/aromatic N) is 1. The second-order valence-electron chi connectivity index (χ2n) is 13.8. The molecule has 1 aliphatic heterocycles. The number of allylic oxidation sites excluding steroid dienone is 3. The predicted molar refractivity (Wildman–Crippen MR) is 178 cm³/mol. The van der Waals surface area contributed by atoms with Crippen molar-refractivity contribution in [2.45, 2.75) is 103 Å². The Bertz CT molecular complexity index is 1260. The van der Waals surface area contributed by atoms with Gasteiger partial charge in [0.25, 0.3) is 0 Å². The minimum atomic E-state index is -0.629. The van der Waals surface area contributed by atoms with Crippen LogP contribution in [0.25, 0.3) is 0 Å². The summed E-state index contributed by atoms with van der Waals surface area (Å²) in [6.07, 6.45) is 16.3. The van der Waals surface area contributed by atoms with Crippen molar-refractivity contribution in [1.82, 2.24) is 15.5 Å². The summed E-state index contributed by atoms with van der Waals surface area (Å²) < 4.78 is 6.10. The van der Waals surface area contributed by atoms with Crippen LogP contribution in [0.5, 0.6) is 5.75 Å². The van der Waals surface area contributed by atoms with E-state index in [1.807, 2.05) is 6.07 Å². The number of β-amino-alcohol motifs (C(OH)–C–C–N with tert-alkyl or cyclic N) is 1. The number of carbonyl (C=O) groups is 1. The van der Waals surface area contributed by atoms with Crippen molar-refractivity contribution >= 4 is 5.91 Å². The molecule has 3 aliphatic carbocycles. The normalized spacial score (nSPS) is 24.4. The molecule has 240 valence electrons. The van der Waals surface area contributed by atoms with Gasteiger partial charge in [0.05, 0.1) is 6.10 Å². The van der Waals surface area contributed by atoms with Gasteiger partial charge in [-0.15, -0.1) is 0 Å². The molecular weight excluding hydrogens is 548 g/mol. The fourth-order valence-corrected chi connectivity index (χ4v) is 7.05. The summed E-state index contributed by atoms with van der Waals surface area (Å²) in [5.41, 5.74) is 13.3. The van der Waals surface area contributed by atoms with Crippen LogP contribution in [0.4, 0.5) is 0 Å². The first-order valence-corrected chi connectivity index (χ1v) is 16.9. The molecule has 0 radical (unpaired) electrons. The molecule has 3 unspecified atom stereocenters. The largest absolute Gasteiger partial charge is 0.489 e. The quantitative estimate of drug-likeness (QED) is 0.181. The number of hydrogen-bond donors (Lipinski definition) is 4. The van der Waals surface area contributed by atoms with Gasteiger partial charge in [-0.05, 0) is 105 Å². The van der Waals surface area contributed by atoms with Crippen molar-refractivity contribution < 1.29 is 14.6 Å². The maximum atomic E-state index is 13.0. The number of ether oxygens (including phenoxy) is 1. The van der Waals surface area contributed by atoms with E-state index in [-0.39, 0.29) is 18.5 Å². The monoisotopic (exact) mass is 602 g/mol. The lowest BCUT2D eigenvalue weighted by Gasteiger charge is -2.32. The van der Waals surface area contributed by atoms with Crippen LogP contribution in [0.15, 0.2) is 65.4 Å². The van der Waals surface area contributed by atoms with Crippen molar-refractivity contribution in [3.05, 3.63) is 76.5 Å². The highest BCUT2D eigenvalue weighted by atomic mass is 16.5. The molecule has 1 aromatic rings. The fourth-order valence-electron chi connectivity index (χ4n) is 7.05. The van der Waals surface area contributed by atoms with Gasteiger partial charge in [-0.25, -0.2) is 0 Å². The van der Waals surface area contributed by atoms with Gasteiger partial charge in [-0.2, -0.15) is 0 Å². The van der Waals surface area contributed by atoms with E-state index in [4.69, 9.17) is 10.5 Å². The second-order valence-corrected chi connectivity index (χ2v) is 13.8. The summed E-state index contributed by atoms with van der Waals surface area (Å²) in [5.74, 6) is 1.87. The molecule has 7 heteroatoms. The third-order valence-corrected chi connectivity index (χ3v) is 10.1. The minimum absolute atomic E-state index is 0.112. The highest BCUT2D eigenvalue weighted by molar-refractivity contribution is 5.88. The summed E-state index contributed by atoms with van der Waals surface area (Å²) >= 11 is 0. The maximum Gasteiger partial charge on any atom is 0.244 e. The molecule has 0 bridgehead atoms. The summed E-state index contributed by atoms with van der Waals surface area (Å²) in [6, 6.07) is 7.04. The number of nitrogens with two attached hydrogens (primary N) is 1. The minimum Gasteiger partial charge on any atom is -0.489 e. The molecule has 4 atom stereocenters. The fraction of sp³-hybridized carbons (Fsp3) is 0.595. The second kappa shape index (κ2) is 15.4. The Hall–Kier alpha value is -2.87. The van der Waals surface area contributed by atoms with Crippen LogP contribution >= 0.6 is 0 Å². The van der Waals surface area contributed by atoms with Gasteiger partial charge >= 0.3 is 0 Å². The maximum absolute atomic E-state index is 13.0. The summed E-state index contributed by atoms with van der Waals surface area (Å²) in [7, 11) is 0. The van der Waals surface area contributed by atoms with Crippen molar-refractivity contribution in [2.75, 3.05) is 26.2 Å². The zero-order chi connectivity index (χ0) is 31.1. The van der Waals surface area contributed by atoms with E-state index in [0.717, 1.165) is 80.6 Å². The smallest absolute Gasteiger partial charge is 0.244 e. The molecule has 0 aromatic heterocycles. The molecule has 5 N–H and O–H groups in total. The number of fused-ring (bicyclic) bond motifs is 1. The standard InChI is InChI=1S/C37H54N4O3/c1-25-16-28(17-26(25)2)18-32(27(3)40-33-9-7-10-33)20-37(43)39-21-34(42)23-41-15-14-29-19-35(13-12-30(29)22-41)44-24-31-8-5-4-6-11-36(31)38/h5,8,12-13,19-20,26-28,33-34,40,42H,1,4,6-7,9-11,14-18,21-24,38H2,2-3H3,(H,39,43)/b32-20+/t26?,27?,28?,34-/m0/s1. The Labute approximate surface area is 264 Å². The van der Waals surface area contributed by atoms with Gasteiger partial charge in [-0.3, -0.25) is 9.69 Å². The Morgan fingerprint density at radius 3 is 2.84 bits per heavy atom. The number of aliphatic hydroxyl groups excluding tert-OH is 1. The van der Waals surface area contributed by atoms with Crippen molar-refractivity contribution in [1.29, 1.82) is 0 Å². The first kappa shape index (κ1) is 32.5. The number of nitrogens with one attached hydrogen (secondary N) is 2. The van der Waals surface area contributed by atoms with Crippen LogP contribution in [0.2, 0.25) is 0 Å². The summed E-state index contributed by atoms with van der Waals surface area (Å²) in [4.78, 5) is 15.3. The SMILES string of the molecule is C=C1CC(C/C(=C\C(=O)NC[C@H](O)CN2CCc3cc(OCC4=C(N)CCCC=C4)ccc3C2)C(C)NC2CCC2)CC1C. The molecule has 5 rings (SSSR count). The van der Waals surface area contributed by atoms with E-state index in [2.05, 4.69) is 60.2 Å². The first-order chi connectivity index (χ1) is 21.2. The lowest BCUT2D eigenvalue weighted by molar-refractivity contribution is -0.117. The van der Waals surface area contributed by atoms with E-state index in [9.17, 15) is 9.90 Å². The van der Waals surface area contributed by atoms with E-state index in [1.165, 1.54) is 36.0 Å². The van der Waals surface area contributed by atoms with Crippen LogP contribution < -0.4 is 21.1 Å². The topological polar surface area (TPSA) is 99.8 Å². The van der Waals surface area contributed by atoms with Crippen LogP contribution in [0, 0.1) is 11.8 Å². The summed E-state index contributed by atoms with van der Waals surface area (Å²) in [6.45, 7) is 11.6. The Morgan fingerprint density at radius 1 is 1.25 bits per heavy atom. The van der Waals surface area contributed by atoms with E-state index in [1.54, 1.807) is 6.08 Å². The number of aliphatic hydroxyl groups is 1. The van der Waals surface area contributed by atoms with Crippen LogP contribution in [0.3, 0.4) is 0 Å². The molecule has 2 saturated carbocycles. The molecule has 44 heavy (non-hydrogen) atoms. The van der Waals surface area contributed by atoms with Crippen molar-refractivity contribution in [2.24, 2.45) is 17.6 Å². The molecule has 7 nitrogen and oxygen atoms in total. The number of hydrogen-bond acceptors (Lipinski definition) is 6. The average molecular weight is 603 g/mol. The van der Waals surface area contributed by atoms with Crippen LogP contribution in [-0.4, -0.2) is 60.3 Å². The molecule has 1 aromatic carbocycles. The van der Waals surface area contributed by atoms with Gasteiger partial charge in [-0.1, -0.05) is 43.7 Å². The summed E-state index contributed by atoms with van der Waals surface area (Å²) in [5, 5.41) is 17.5. The van der Waals surface area contributed by atoms with E-state index >= 15 is 0 Å². The molecule has 2 fully saturated rings. The van der Waals surface area contributed by atoms with Crippen LogP contribution in [-0.2, 0) is 17.8 Å². The number of amides is 1. The number of rotatable bonds is 13. The third kappa shape index (κ3) is 9.09. The Kier molecular flexibility index (Phi) is 11.4. The van der Waals surface area contributed by atoms with Gasteiger partial charge < -0.3 is 26.2 Å². The highest BCUT2D eigenvalue weighted by Gasteiger charge is 2.28. The first-order valence-electron chi connectivity index (χ1n) is 16.9. The van der Waals surface area contributed by atoms with Gasteiger partial charge in [0.2, 0.25) is 5.91 Å². The molecular formula is C37H54N4O3.